The summed E-state index contributed by atoms with van der Waals surface area (Å²) in [7, 11) is 0. The molecule has 2 nitrogen and oxygen atoms in total. The van der Waals surface area contributed by atoms with Crippen LogP contribution in [0.15, 0.2) is 77.7 Å². The lowest BCUT2D eigenvalue weighted by Gasteiger charge is -2.07. The van der Waals surface area contributed by atoms with Crippen molar-refractivity contribution < 1.29 is 9.18 Å². The second-order valence-corrected chi connectivity index (χ2v) is 8.85. The third-order valence-electron chi connectivity index (χ3n) is 4.39. The van der Waals surface area contributed by atoms with Gasteiger partial charge in [-0.15, -0.1) is 11.8 Å². The highest BCUT2D eigenvalue weighted by Gasteiger charge is 2.06. The lowest BCUT2D eigenvalue weighted by atomic mass is 10.1. The summed E-state index contributed by atoms with van der Waals surface area (Å²) in [5, 5.41) is 2.92. The summed E-state index contributed by atoms with van der Waals surface area (Å²) in [4.78, 5) is 13.5. The number of aryl methyl sites for hydroxylation is 1. The molecule has 0 unspecified atom stereocenters. The molecule has 0 atom stereocenters. The summed E-state index contributed by atoms with van der Waals surface area (Å²) < 4.78 is 13.6. The van der Waals surface area contributed by atoms with Crippen LogP contribution in [0.1, 0.15) is 27.0 Å². The number of thioether (sulfide) groups is 2. The van der Waals surface area contributed by atoms with Crippen LogP contribution in [0.25, 0.3) is 0 Å². The fourth-order valence-corrected chi connectivity index (χ4v) is 4.39. The van der Waals surface area contributed by atoms with Gasteiger partial charge in [0.25, 0.3) is 5.91 Å². The highest BCUT2D eigenvalue weighted by Crippen LogP contribution is 2.23. The maximum absolute atomic E-state index is 13.6. The zero-order valence-corrected chi connectivity index (χ0v) is 18.0. The molecule has 0 bridgehead atoms. The normalized spacial score (nSPS) is 10.7. The number of rotatable bonds is 9. The van der Waals surface area contributed by atoms with Gasteiger partial charge in [-0.2, -0.15) is 11.8 Å². The number of nitrogens with one attached hydrogen (secondary N) is 1. The zero-order valence-electron chi connectivity index (χ0n) is 16.4. The predicted octanol–water partition coefficient (Wildman–Crippen LogP) is 6.09. The van der Waals surface area contributed by atoms with Gasteiger partial charge in [0.15, 0.2) is 0 Å². The Bertz CT molecular complexity index is 926. The summed E-state index contributed by atoms with van der Waals surface area (Å²) in [5.74, 6) is 1.97. The van der Waals surface area contributed by atoms with E-state index in [0.29, 0.717) is 23.4 Å². The Morgan fingerprint density at radius 3 is 2.38 bits per heavy atom. The predicted molar refractivity (Wildman–Crippen MR) is 122 cm³/mol. The van der Waals surface area contributed by atoms with Gasteiger partial charge in [0.2, 0.25) is 0 Å². The molecule has 0 aliphatic carbocycles. The summed E-state index contributed by atoms with van der Waals surface area (Å²) >= 11 is 3.39. The van der Waals surface area contributed by atoms with E-state index in [0.717, 1.165) is 11.5 Å². The zero-order chi connectivity index (χ0) is 20.5. The van der Waals surface area contributed by atoms with Crippen molar-refractivity contribution in [3.63, 3.8) is 0 Å². The van der Waals surface area contributed by atoms with Crippen molar-refractivity contribution in [3.05, 3.63) is 101 Å². The van der Waals surface area contributed by atoms with Gasteiger partial charge in [-0.25, -0.2) is 4.39 Å². The lowest BCUT2D eigenvalue weighted by molar-refractivity contribution is 0.0956. The monoisotopic (exact) mass is 425 g/mol. The van der Waals surface area contributed by atoms with Crippen LogP contribution >= 0.6 is 23.5 Å². The van der Waals surface area contributed by atoms with Gasteiger partial charge in [0.05, 0.1) is 0 Å². The Hall–Kier alpha value is -2.24. The van der Waals surface area contributed by atoms with Crippen molar-refractivity contribution in [2.45, 2.75) is 23.3 Å². The average Bonchev–Trinajstić information content (AvgIpc) is 2.74. The lowest BCUT2D eigenvalue weighted by Crippen LogP contribution is -2.25. The molecule has 5 heteroatoms. The Balaban J connectivity index is 1.38. The van der Waals surface area contributed by atoms with E-state index in [9.17, 15) is 9.18 Å². The first kappa shape index (κ1) is 21.5. The smallest absolute Gasteiger partial charge is 0.251 e. The van der Waals surface area contributed by atoms with E-state index in [4.69, 9.17) is 0 Å². The van der Waals surface area contributed by atoms with Gasteiger partial charge in [-0.05, 0) is 48.4 Å². The van der Waals surface area contributed by atoms with Crippen molar-refractivity contribution in [1.29, 1.82) is 0 Å². The van der Waals surface area contributed by atoms with Crippen LogP contribution in [0.2, 0.25) is 0 Å². The van der Waals surface area contributed by atoms with Crippen molar-refractivity contribution in [2.24, 2.45) is 0 Å². The standard InChI is InChI=1S/C24H24FNOS2/c1-18-6-12-22(13-7-18)29-16-19-8-10-20(11-9-19)24(27)26-14-15-28-17-21-4-2-3-5-23(21)25/h2-13H,14-17H2,1H3,(H,26,27). The van der Waals surface area contributed by atoms with E-state index >= 15 is 0 Å². The molecule has 29 heavy (non-hydrogen) atoms. The quantitative estimate of drug-likeness (QED) is 0.332. The fraction of sp³-hybridized carbons (Fsp3) is 0.208. The average molecular weight is 426 g/mol. The molecule has 1 amide bonds. The molecule has 0 saturated carbocycles. The number of carbonyl (C=O) groups excluding carboxylic acids is 1. The molecule has 0 aromatic heterocycles. The molecule has 3 aromatic carbocycles. The van der Waals surface area contributed by atoms with Gasteiger partial charge in [-0.1, -0.05) is 48.0 Å². The van der Waals surface area contributed by atoms with Crippen LogP contribution < -0.4 is 5.32 Å². The molecule has 0 heterocycles. The number of amides is 1. The van der Waals surface area contributed by atoms with E-state index in [1.807, 2.05) is 30.3 Å². The Labute approximate surface area is 180 Å². The second kappa shape index (κ2) is 11.1. The van der Waals surface area contributed by atoms with Gasteiger partial charge >= 0.3 is 0 Å². The highest BCUT2D eigenvalue weighted by molar-refractivity contribution is 7.98. The van der Waals surface area contributed by atoms with Crippen LogP contribution in [-0.2, 0) is 11.5 Å². The Kier molecular flexibility index (Phi) is 8.20. The minimum atomic E-state index is -0.176. The van der Waals surface area contributed by atoms with Crippen molar-refractivity contribution >= 4 is 29.4 Å². The number of hydrogen-bond donors (Lipinski definition) is 1. The van der Waals surface area contributed by atoms with Crippen LogP contribution in [0.3, 0.4) is 0 Å². The molecule has 0 aliphatic rings. The summed E-state index contributed by atoms with van der Waals surface area (Å²) in [6.45, 7) is 2.64. The van der Waals surface area contributed by atoms with E-state index in [1.165, 1.54) is 22.1 Å². The molecular weight excluding hydrogens is 401 g/mol. The molecule has 150 valence electrons. The maximum Gasteiger partial charge on any atom is 0.251 e. The third kappa shape index (κ3) is 6.94. The van der Waals surface area contributed by atoms with E-state index in [1.54, 1.807) is 35.7 Å². The largest absolute Gasteiger partial charge is 0.351 e. The number of benzene rings is 3. The molecule has 0 aliphatic heterocycles. The minimum Gasteiger partial charge on any atom is -0.351 e. The fourth-order valence-electron chi connectivity index (χ4n) is 2.69. The third-order valence-corrected chi connectivity index (χ3v) is 6.48. The topological polar surface area (TPSA) is 29.1 Å². The van der Waals surface area contributed by atoms with Crippen LogP contribution in [0.5, 0.6) is 0 Å². The van der Waals surface area contributed by atoms with Crippen molar-refractivity contribution in [3.8, 4) is 0 Å². The maximum atomic E-state index is 13.6. The van der Waals surface area contributed by atoms with Crippen LogP contribution in [0, 0.1) is 12.7 Å². The molecular formula is C24H24FNOS2. The first-order valence-corrected chi connectivity index (χ1v) is 11.6. The van der Waals surface area contributed by atoms with Gasteiger partial charge in [-0.3, -0.25) is 4.79 Å². The van der Waals surface area contributed by atoms with Crippen molar-refractivity contribution in [1.82, 2.24) is 5.32 Å². The van der Waals surface area contributed by atoms with E-state index in [-0.39, 0.29) is 11.7 Å². The van der Waals surface area contributed by atoms with Crippen LogP contribution in [-0.4, -0.2) is 18.2 Å². The molecule has 0 fully saturated rings. The molecule has 0 saturated heterocycles. The summed E-state index contributed by atoms with van der Waals surface area (Å²) in [6, 6.07) is 23.0. The number of hydrogen-bond acceptors (Lipinski definition) is 3. The summed E-state index contributed by atoms with van der Waals surface area (Å²) in [5.41, 5.74) is 3.80. The van der Waals surface area contributed by atoms with Gasteiger partial charge in [0.1, 0.15) is 5.82 Å². The minimum absolute atomic E-state index is 0.0748. The summed E-state index contributed by atoms with van der Waals surface area (Å²) in [6.07, 6.45) is 0. The second-order valence-electron chi connectivity index (χ2n) is 6.70. The molecule has 3 aromatic rings. The molecule has 3 rings (SSSR count). The van der Waals surface area contributed by atoms with E-state index < -0.39 is 0 Å². The first-order valence-electron chi connectivity index (χ1n) is 9.49. The van der Waals surface area contributed by atoms with E-state index in [2.05, 4.69) is 36.5 Å². The van der Waals surface area contributed by atoms with Gasteiger partial charge < -0.3 is 5.32 Å². The first-order chi connectivity index (χ1) is 14.1. The van der Waals surface area contributed by atoms with Crippen LogP contribution in [0.4, 0.5) is 4.39 Å². The Morgan fingerprint density at radius 2 is 1.66 bits per heavy atom. The van der Waals surface area contributed by atoms with Crippen molar-refractivity contribution in [2.75, 3.05) is 12.3 Å². The highest BCUT2D eigenvalue weighted by atomic mass is 32.2. The SMILES string of the molecule is Cc1ccc(SCc2ccc(C(=O)NCCSCc3ccccc3F)cc2)cc1. The molecule has 0 spiro atoms. The molecule has 0 radical (unpaired) electrons. The number of carbonyl (C=O) groups is 1. The molecule has 1 N–H and O–H groups in total. The Morgan fingerprint density at radius 1 is 0.931 bits per heavy atom. The number of halogens is 1. The van der Waals surface area contributed by atoms with Gasteiger partial charge in [0, 0.05) is 34.3 Å².